The molecule has 0 bridgehead atoms. The highest BCUT2D eigenvalue weighted by atomic mass is 79.9. The number of halogens is 1. The van der Waals surface area contributed by atoms with Crippen LogP contribution in [0.2, 0.25) is 0 Å². The lowest BCUT2D eigenvalue weighted by Gasteiger charge is -2.15. The Morgan fingerprint density at radius 1 is 1.32 bits per heavy atom. The highest BCUT2D eigenvalue weighted by molar-refractivity contribution is 9.10. The van der Waals surface area contributed by atoms with Crippen molar-refractivity contribution in [2.45, 2.75) is 25.8 Å². The maximum absolute atomic E-state index is 12.4. The second-order valence-corrected chi connectivity index (χ2v) is 9.17. The monoisotopic (exact) mass is 478 g/mol. The first-order chi connectivity index (χ1) is 13.4. The van der Waals surface area contributed by atoms with Gasteiger partial charge >= 0.3 is 6.03 Å². The van der Waals surface area contributed by atoms with E-state index in [2.05, 4.69) is 50.6 Å². The normalized spacial score (nSPS) is 11.8. The lowest BCUT2D eigenvalue weighted by molar-refractivity contribution is -0.116. The van der Waals surface area contributed by atoms with Gasteiger partial charge in [0.25, 0.3) is 0 Å². The molecule has 3 amide bonds. The third-order valence-corrected chi connectivity index (χ3v) is 6.78. The zero-order chi connectivity index (χ0) is 20.1. The molecule has 1 aromatic carbocycles. The van der Waals surface area contributed by atoms with Crippen molar-refractivity contribution >= 4 is 55.7 Å². The lowest BCUT2D eigenvalue weighted by atomic mass is 10.1. The molecule has 3 rings (SSSR count). The van der Waals surface area contributed by atoms with Gasteiger partial charge in [0, 0.05) is 26.8 Å². The number of nitrogens with one attached hydrogen (secondary N) is 2. The molecular weight excluding hydrogens is 460 g/mol. The molecule has 2 aromatic heterocycles. The number of carbonyl (C=O) groups excluding carboxylic acids is 2. The smallest absolute Gasteiger partial charge is 0.312 e. The number of hydrogen-bond donors (Lipinski definition) is 3. The average Bonchev–Trinajstić information content (AvgIpc) is 3.29. The third kappa shape index (κ3) is 5.63. The van der Waals surface area contributed by atoms with Gasteiger partial charge in [0.05, 0.1) is 12.5 Å². The molecule has 4 N–H and O–H groups in total. The van der Waals surface area contributed by atoms with Crippen LogP contribution in [-0.4, -0.2) is 16.9 Å². The molecule has 28 heavy (non-hydrogen) atoms. The molecule has 0 aliphatic rings. The predicted molar refractivity (Wildman–Crippen MR) is 117 cm³/mol. The Hall–Kier alpha value is -2.23. The molecule has 1 atom stereocenters. The van der Waals surface area contributed by atoms with Crippen molar-refractivity contribution in [3.05, 3.63) is 67.3 Å². The Morgan fingerprint density at radius 3 is 2.82 bits per heavy atom. The molecule has 0 aliphatic carbocycles. The molecule has 0 radical (unpaired) electrons. The van der Waals surface area contributed by atoms with Crippen LogP contribution < -0.4 is 16.4 Å². The van der Waals surface area contributed by atoms with Gasteiger partial charge < -0.3 is 16.4 Å². The number of amides is 3. The molecule has 6 nitrogen and oxygen atoms in total. The molecule has 0 saturated carbocycles. The van der Waals surface area contributed by atoms with Crippen LogP contribution in [0.1, 0.15) is 33.3 Å². The van der Waals surface area contributed by atoms with E-state index in [9.17, 15) is 9.59 Å². The minimum Gasteiger partial charge on any atom is -0.352 e. The number of aromatic nitrogens is 1. The van der Waals surface area contributed by atoms with E-state index < -0.39 is 12.1 Å². The Morgan fingerprint density at radius 2 is 2.14 bits per heavy atom. The highest BCUT2D eigenvalue weighted by Gasteiger charge is 2.19. The van der Waals surface area contributed by atoms with Crippen molar-refractivity contribution in [2.75, 3.05) is 5.32 Å². The van der Waals surface area contributed by atoms with Gasteiger partial charge in [-0.2, -0.15) is 0 Å². The number of primary amides is 1. The summed E-state index contributed by atoms with van der Waals surface area (Å²) < 4.78 is 1.08. The Kier molecular flexibility index (Phi) is 6.82. The quantitative estimate of drug-likeness (QED) is 0.462. The first-order valence-electron chi connectivity index (χ1n) is 8.49. The Balaban J connectivity index is 1.61. The molecule has 3 aromatic rings. The molecule has 0 saturated heterocycles. The van der Waals surface area contributed by atoms with Crippen LogP contribution in [0.15, 0.2) is 46.4 Å². The molecule has 0 aliphatic heterocycles. The maximum atomic E-state index is 12.4. The number of aryl methyl sites for hydroxylation is 1. The fourth-order valence-corrected chi connectivity index (χ4v) is 4.59. The highest BCUT2D eigenvalue weighted by Crippen LogP contribution is 2.26. The van der Waals surface area contributed by atoms with E-state index in [4.69, 9.17) is 5.73 Å². The number of carbonyl (C=O) groups is 2. The summed E-state index contributed by atoms with van der Waals surface area (Å²) in [4.78, 5) is 29.9. The van der Waals surface area contributed by atoms with Gasteiger partial charge in [-0.3, -0.25) is 4.79 Å². The van der Waals surface area contributed by atoms with E-state index >= 15 is 0 Å². The number of urea groups is 1. The summed E-state index contributed by atoms with van der Waals surface area (Å²) in [5, 5.41) is 7.85. The molecule has 146 valence electrons. The summed E-state index contributed by atoms with van der Waals surface area (Å²) in [6.45, 7) is 2.05. The molecule has 2 heterocycles. The fraction of sp³-hybridized carbons (Fsp3) is 0.211. The predicted octanol–water partition coefficient (Wildman–Crippen LogP) is 4.60. The Bertz CT molecular complexity index is 972. The standard InChI is InChI=1S/C19H19BrN4O2S2/c1-11-7-12(4-5-14(11)20)8-13-10-22-19(28-13)24-17(25)9-15(23-18(21)26)16-3-2-6-27-16/h2-7,10,15H,8-9H2,1H3,(H3,21,23,26)(H,22,24,25). The average molecular weight is 479 g/mol. The van der Waals surface area contributed by atoms with E-state index in [1.54, 1.807) is 6.20 Å². The van der Waals surface area contributed by atoms with Gasteiger partial charge in [-0.05, 0) is 35.6 Å². The molecule has 0 spiro atoms. The number of hydrogen-bond acceptors (Lipinski definition) is 5. The van der Waals surface area contributed by atoms with E-state index in [-0.39, 0.29) is 12.3 Å². The van der Waals surface area contributed by atoms with Gasteiger partial charge in [-0.15, -0.1) is 22.7 Å². The van der Waals surface area contributed by atoms with Crippen LogP contribution in [0.5, 0.6) is 0 Å². The van der Waals surface area contributed by atoms with Crippen molar-refractivity contribution in [1.82, 2.24) is 10.3 Å². The summed E-state index contributed by atoms with van der Waals surface area (Å²) in [7, 11) is 0. The van der Waals surface area contributed by atoms with Crippen molar-refractivity contribution in [1.29, 1.82) is 0 Å². The van der Waals surface area contributed by atoms with Crippen LogP contribution in [-0.2, 0) is 11.2 Å². The molecule has 1 unspecified atom stereocenters. The van der Waals surface area contributed by atoms with Gasteiger partial charge in [0.2, 0.25) is 5.91 Å². The molecule has 9 heteroatoms. The second kappa shape index (κ2) is 9.31. The topological polar surface area (TPSA) is 97.1 Å². The number of benzene rings is 1. The van der Waals surface area contributed by atoms with E-state index in [0.29, 0.717) is 5.13 Å². The van der Waals surface area contributed by atoms with Crippen LogP contribution in [0.25, 0.3) is 0 Å². The van der Waals surface area contributed by atoms with E-state index in [1.165, 1.54) is 33.8 Å². The van der Waals surface area contributed by atoms with Gasteiger partial charge in [0.1, 0.15) is 0 Å². The van der Waals surface area contributed by atoms with Crippen LogP contribution in [0.3, 0.4) is 0 Å². The molecule has 0 fully saturated rings. The summed E-state index contributed by atoms with van der Waals surface area (Å²) in [6, 6.07) is 8.84. The number of nitrogens with two attached hydrogens (primary N) is 1. The zero-order valence-corrected chi connectivity index (χ0v) is 18.3. The van der Waals surface area contributed by atoms with Crippen molar-refractivity contribution in [3.8, 4) is 0 Å². The van der Waals surface area contributed by atoms with Crippen molar-refractivity contribution < 1.29 is 9.59 Å². The summed E-state index contributed by atoms with van der Waals surface area (Å²) in [6.07, 6.45) is 2.61. The minimum atomic E-state index is -0.660. The third-order valence-electron chi connectivity index (χ3n) is 3.99. The van der Waals surface area contributed by atoms with Crippen LogP contribution >= 0.6 is 38.6 Å². The second-order valence-electron chi connectivity index (χ2n) is 6.22. The van der Waals surface area contributed by atoms with Crippen molar-refractivity contribution in [2.24, 2.45) is 5.73 Å². The summed E-state index contributed by atoms with van der Waals surface area (Å²) >= 11 is 6.41. The van der Waals surface area contributed by atoms with Gasteiger partial charge in [-0.1, -0.05) is 34.1 Å². The first-order valence-corrected chi connectivity index (χ1v) is 11.0. The first kappa shape index (κ1) is 20.5. The minimum absolute atomic E-state index is 0.0876. The van der Waals surface area contributed by atoms with E-state index in [0.717, 1.165) is 20.6 Å². The number of thiazole rings is 1. The SMILES string of the molecule is Cc1cc(Cc2cnc(NC(=O)CC(NC(N)=O)c3cccs3)s2)ccc1Br. The zero-order valence-electron chi connectivity index (χ0n) is 15.1. The van der Waals surface area contributed by atoms with Gasteiger partial charge in [-0.25, -0.2) is 9.78 Å². The Labute approximate surface area is 179 Å². The largest absolute Gasteiger partial charge is 0.352 e. The maximum Gasteiger partial charge on any atom is 0.312 e. The number of anilines is 1. The summed E-state index contributed by atoms with van der Waals surface area (Å²) in [5.41, 5.74) is 7.60. The number of nitrogens with zero attached hydrogens (tertiary/aromatic N) is 1. The van der Waals surface area contributed by atoms with E-state index in [1.807, 2.05) is 23.6 Å². The van der Waals surface area contributed by atoms with Crippen molar-refractivity contribution in [3.63, 3.8) is 0 Å². The van der Waals surface area contributed by atoms with Gasteiger partial charge in [0.15, 0.2) is 5.13 Å². The lowest BCUT2D eigenvalue weighted by Crippen LogP contribution is -2.34. The van der Waals surface area contributed by atoms with Crippen LogP contribution in [0, 0.1) is 6.92 Å². The van der Waals surface area contributed by atoms with Crippen LogP contribution in [0.4, 0.5) is 9.93 Å². The summed E-state index contributed by atoms with van der Waals surface area (Å²) in [5.74, 6) is -0.229. The fourth-order valence-electron chi connectivity index (χ4n) is 2.70. The number of thiophene rings is 1. The number of rotatable bonds is 7. The molecular formula is C19H19BrN4O2S2.